The molecule has 1 aromatic rings. The zero-order valence-electron chi connectivity index (χ0n) is 11.8. The minimum atomic E-state index is -0.451. The van der Waals surface area contributed by atoms with E-state index < -0.39 is 6.04 Å². The van der Waals surface area contributed by atoms with Gasteiger partial charge in [-0.05, 0) is 19.4 Å². The predicted octanol–water partition coefficient (Wildman–Crippen LogP) is 1.95. The van der Waals surface area contributed by atoms with Crippen LogP contribution >= 0.6 is 0 Å². The van der Waals surface area contributed by atoms with Crippen LogP contribution in [-0.2, 0) is 16.1 Å². The first-order chi connectivity index (χ1) is 9.10. The maximum Gasteiger partial charge on any atom is 0.242 e. The number of rotatable bonds is 6. The molecule has 0 spiro atoms. The van der Waals surface area contributed by atoms with Gasteiger partial charge in [-0.15, -0.1) is 0 Å². The third-order valence-corrected chi connectivity index (χ3v) is 3.02. The molecule has 0 unspecified atom stereocenters. The first kappa shape index (κ1) is 15.2. The Morgan fingerprint density at radius 1 is 1.21 bits per heavy atom. The summed E-state index contributed by atoms with van der Waals surface area (Å²) in [6, 6.07) is 9.26. The van der Waals surface area contributed by atoms with Crippen LogP contribution in [0.25, 0.3) is 0 Å². The van der Waals surface area contributed by atoms with E-state index in [-0.39, 0.29) is 11.8 Å². The summed E-state index contributed by atoms with van der Waals surface area (Å²) in [5, 5.41) is 2.76. The van der Waals surface area contributed by atoms with Gasteiger partial charge < -0.3 is 10.2 Å². The van der Waals surface area contributed by atoms with Gasteiger partial charge in [0.25, 0.3) is 0 Å². The van der Waals surface area contributed by atoms with E-state index in [0.29, 0.717) is 19.5 Å². The summed E-state index contributed by atoms with van der Waals surface area (Å²) in [5.41, 5.74) is 1.03. The van der Waals surface area contributed by atoms with Gasteiger partial charge >= 0.3 is 0 Å². The number of hydrogen-bond donors (Lipinski definition) is 1. The molecule has 4 nitrogen and oxygen atoms in total. The molecule has 19 heavy (non-hydrogen) atoms. The summed E-state index contributed by atoms with van der Waals surface area (Å²) in [6.45, 7) is 6.48. The standard InChI is InChI=1S/C15H22N2O2/c1-4-14(18)17(12(3)15(19)16-5-2)11-13-9-7-6-8-10-13/h6-10,12H,4-5,11H2,1-3H3,(H,16,19)/t12-/m0/s1. The molecule has 0 aliphatic carbocycles. The lowest BCUT2D eigenvalue weighted by atomic mass is 10.1. The van der Waals surface area contributed by atoms with Gasteiger partial charge in [-0.3, -0.25) is 9.59 Å². The Bertz CT molecular complexity index is 417. The molecule has 1 rings (SSSR count). The molecule has 1 aromatic carbocycles. The molecule has 0 radical (unpaired) electrons. The Morgan fingerprint density at radius 2 is 1.84 bits per heavy atom. The van der Waals surface area contributed by atoms with Crippen LogP contribution in [0.4, 0.5) is 0 Å². The summed E-state index contributed by atoms with van der Waals surface area (Å²) < 4.78 is 0. The Labute approximate surface area is 114 Å². The van der Waals surface area contributed by atoms with E-state index in [1.54, 1.807) is 11.8 Å². The minimum Gasteiger partial charge on any atom is -0.355 e. The van der Waals surface area contributed by atoms with Crippen LogP contribution in [0, 0.1) is 0 Å². The number of benzene rings is 1. The van der Waals surface area contributed by atoms with Crippen LogP contribution in [0.5, 0.6) is 0 Å². The number of carbonyl (C=O) groups excluding carboxylic acids is 2. The molecular weight excluding hydrogens is 240 g/mol. The summed E-state index contributed by atoms with van der Waals surface area (Å²) in [4.78, 5) is 25.5. The number of likely N-dealkylation sites (N-methyl/N-ethyl adjacent to an activating group) is 1. The van der Waals surface area contributed by atoms with Crippen molar-refractivity contribution in [2.24, 2.45) is 0 Å². The van der Waals surface area contributed by atoms with E-state index in [9.17, 15) is 9.59 Å². The van der Waals surface area contributed by atoms with Crippen LogP contribution in [0.1, 0.15) is 32.8 Å². The van der Waals surface area contributed by atoms with E-state index in [1.165, 1.54) is 0 Å². The molecule has 0 saturated heterocycles. The summed E-state index contributed by atoms with van der Waals surface area (Å²) in [7, 11) is 0. The molecular formula is C15H22N2O2. The van der Waals surface area contributed by atoms with Gasteiger partial charge in [-0.1, -0.05) is 37.3 Å². The number of amides is 2. The zero-order chi connectivity index (χ0) is 14.3. The van der Waals surface area contributed by atoms with Crippen molar-refractivity contribution in [2.75, 3.05) is 6.54 Å². The van der Waals surface area contributed by atoms with Gasteiger partial charge in [-0.25, -0.2) is 0 Å². The molecule has 0 fully saturated rings. The zero-order valence-corrected chi connectivity index (χ0v) is 11.8. The fourth-order valence-electron chi connectivity index (χ4n) is 1.89. The lowest BCUT2D eigenvalue weighted by molar-refractivity contribution is -0.140. The van der Waals surface area contributed by atoms with Crippen LogP contribution in [0.3, 0.4) is 0 Å². The van der Waals surface area contributed by atoms with Crippen molar-refractivity contribution in [3.8, 4) is 0 Å². The molecule has 1 N–H and O–H groups in total. The highest BCUT2D eigenvalue weighted by Gasteiger charge is 2.24. The van der Waals surface area contributed by atoms with Crippen LogP contribution in [-0.4, -0.2) is 29.3 Å². The van der Waals surface area contributed by atoms with Crippen molar-refractivity contribution in [2.45, 2.75) is 39.8 Å². The highest BCUT2D eigenvalue weighted by Crippen LogP contribution is 2.10. The topological polar surface area (TPSA) is 49.4 Å². The van der Waals surface area contributed by atoms with Crippen molar-refractivity contribution in [1.82, 2.24) is 10.2 Å². The van der Waals surface area contributed by atoms with Crippen LogP contribution < -0.4 is 5.32 Å². The first-order valence-electron chi connectivity index (χ1n) is 6.71. The van der Waals surface area contributed by atoms with Gasteiger partial charge in [0.2, 0.25) is 11.8 Å². The fraction of sp³-hybridized carbons (Fsp3) is 0.467. The van der Waals surface area contributed by atoms with Crippen LogP contribution in [0.15, 0.2) is 30.3 Å². The quantitative estimate of drug-likeness (QED) is 0.852. The van der Waals surface area contributed by atoms with E-state index >= 15 is 0 Å². The Balaban J connectivity index is 2.83. The summed E-state index contributed by atoms with van der Waals surface area (Å²) in [6.07, 6.45) is 0.399. The average molecular weight is 262 g/mol. The van der Waals surface area contributed by atoms with Crippen molar-refractivity contribution in [3.05, 3.63) is 35.9 Å². The van der Waals surface area contributed by atoms with Gasteiger partial charge in [-0.2, -0.15) is 0 Å². The number of hydrogen-bond acceptors (Lipinski definition) is 2. The monoisotopic (exact) mass is 262 g/mol. The largest absolute Gasteiger partial charge is 0.355 e. The van der Waals surface area contributed by atoms with Gasteiger partial charge in [0.15, 0.2) is 0 Å². The lowest BCUT2D eigenvalue weighted by Crippen LogP contribution is -2.47. The molecule has 1 atom stereocenters. The molecule has 0 heterocycles. The third kappa shape index (κ3) is 4.39. The Morgan fingerprint density at radius 3 is 2.37 bits per heavy atom. The Kier molecular flexibility index (Phi) is 6.06. The van der Waals surface area contributed by atoms with Crippen molar-refractivity contribution >= 4 is 11.8 Å². The van der Waals surface area contributed by atoms with Gasteiger partial charge in [0.05, 0.1) is 0 Å². The predicted molar refractivity (Wildman–Crippen MR) is 75.4 cm³/mol. The molecule has 0 saturated carbocycles. The van der Waals surface area contributed by atoms with E-state index in [0.717, 1.165) is 5.56 Å². The second-order valence-corrected chi connectivity index (χ2v) is 4.43. The third-order valence-electron chi connectivity index (χ3n) is 3.02. The summed E-state index contributed by atoms with van der Waals surface area (Å²) in [5.74, 6) is -0.122. The van der Waals surface area contributed by atoms with Crippen molar-refractivity contribution < 1.29 is 9.59 Å². The molecule has 2 amide bonds. The smallest absolute Gasteiger partial charge is 0.242 e. The lowest BCUT2D eigenvalue weighted by Gasteiger charge is -2.28. The molecule has 4 heteroatoms. The number of carbonyl (C=O) groups is 2. The average Bonchev–Trinajstić information content (AvgIpc) is 2.44. The maximum absolute atomic E-state index is 12.0. The highest BCUT2D eigenvalue weighted by atomic mass is 16.2. The molecule has 0 aliphatic heterocycles. The van der Waals surface area contributed by atoms with Crippen LogP contribution in [0.2, 0.25) is 0 Å². The summed E-state index contributed by atoms with van der Waals surface area (Å²) >= 11 is 0. The van der Waals surface area contributed by atoms with Crippen molar-refractivity contribution in [1.29, 1.82) is 0 Å². The fourth-order valence-corrected chi connectivity index (χ4v) is 1.89. The Hall–Kier alpha value is -1.84. The SMILES string of the molecule is CCNC(=O)[C@H](C)N(Cc1ccccc1)C(=O)CC. The second kappa shape index (κ2) is 7.56. The van der Waals surface area contributed by atoms with E-state index in [2.05, 4.69) is 5.32 Å². The number of nitrogens with zero attached hydrogens (tertiary/aromatic N) is 1. The second-order valence-electron chi connectivity index (χ2n) is 4.43. The number of nitrogens with one attached hydrogen (secondary N) is 1. The molecule has 0 aromatic heterocycles. The normalized spacial score (nSPS) is 11.7. The van der Waals surface area contributed by atoms with E-state index in [4.69, 9.17) is 0 Å². The van der Waals surface area contributed by atoms with Crippen molar-refractivity contribution in [3.63, 3.8) is 0 Å². The molecule has 104 valence electrons. The molecule has 0 bridgehead atoms. The minimum absolute atomic E-state index is 0.0115. The highest BCUT2D eigenvalue weighted by molar-refractivity contribution is 5.87. The maximum atomic E-state index is 12.0. The van der Waals surface area contributed by atoms with E-state index in [1.807, 2.05) is 44.2 Å². The molecule has 0 aliphatic rings. The first-order valence-corrected chi connectivity index (χ1v) is 6.71. The van der Waals surface area contributed by atoms with Gasteiger partial charge in [0, 0.05) is 19.5 Å². The van der Waals surface area contributed by atoms with Gasteiger partial charge in [0.1, 0.15) is 6.04 Å².